The molecule has 5 N–H and O–H groups in total. The van der Waals surface area contributed by atoms with Gasteiger partial charge >= 0.3 is 17.9 Å². The lowest BCUT2D eigenvalue weighted by atomic mass is 9.82. The molecule has 3 atom stereocenters. The van der Waals surface area contributed by atoms with Crippen molar-refractivity contribution in [3.8, 4) is 0 Å². The van der Waals surface area contributed by atoms with Crippen molar-refractivity contribution in [2.45, 2.75) is 72.8 Å². The summed E-state index contributed by atoms with van der Waals surface area (Å²) in [5.74, 6) is -4.02. The van der Waals surface area contributed by atoms with E-state index in [0.29, 0.717) is 28.7 Å². The first-order valence-corrected chi connectivity index (χ1v) is 14.9. The Labute approximate surface area is 255 Å². The Hall–Kier alpha value is -4.73. The lowest BCUT2D eigenvalue weighted by Crippen LogP contribution is -2.28. The van der Waals surface area contributed by atoms with Gasteiger partial charge in [-0.15, -0.1) is 0 Å². The van der Waals surface area contributed by atoms with E-state index in [2.05, 4.69) is 30.4 Å². The van der Waals surface area contributed by atoms with Crippen LogP contribution in [0.25, 0.3) is 11.6 Å². The molecule has 0 amide bonds. The lowest BCUT2D eigenvalue weighted by Gasteiger charge is -2.19. The lowest BCUT2D eigenvalue weighted by molar-refractivity contribution is -0.137. The minimum absolute atomic E-state index is 0.0269. The van der Waals surface area contributed by atoms with Gasteiger partial charge in [0, 0.05) is 52.7 Å². The SMILES string of the molecule is C=CC1=C(C)C2=NC1Cc1[nH]c(c(CC)c1C)C=c1[nH]c(c(C(=O)O)c1C)=C(CC(=O)O)C1=NC(=C2)[C@@H](C)[C@@H]1CCC(=O)O. The van der Waals surface area contributed by atoms with Crippen LogP contribution in [0.3, 0.4) is 0 Å². The predicted octanol–water partition coefficient (Wildman–Crippen LogP) is 4.01. The highest BCUT2D eigenvalue weighted by Crippen LogP contribution is 2.38. The van der Waals surface area contributed by atoms with Crippen molar-refractivity contribution in [2.75, 3.05) is 0 Å². The van der Waals surface area contributed by atoms with Crippen molar-refractivity contribution in [2.24, 2.45) is 21.8 Å². The van der Waals surface area contributed by atoms with Crippen LogP contribution in [0.1, 0.15) is 78.5 Å². The second kappa shape index (κ2) is 11.7. The van der Waals surface area contributed by atoms with Crippen LogP contribution in [0.4, 0.5) is 0 Å². The number of fused-ring (bicyclic) bond motifs is 6. The summed E-state index contributed by atoms with van der Waals surface area (Å²) in [7, 11) is 0. The van der Waals surface area contributed by atoms with Crippen molar-refractivity contribution in [1.82, 2.24) is 9.97 Å². The number of aromatic nitrogens is 2. The Kier molecular flexibility index (Phi) is 8.20. The van der Waals surface area contributed by atoms with E-state index >= 15 is 0 Å². The zero-order valence-corrected chi connectivity index (χ0v) is 25.7. The molecule has 8 bridgehead atoms. The molecule has 10 heteroatoms. The van der Waals surface area contributed by atoms with Crippen LogP contribution in [-0.4, -0.2) is 60.7 Å². The highest BCUT2D eigenvalue weighted by atomic mass is 16.4. The molecule has 5 rings (SSSR count). The molecule has 3 aliphatic rings. The molecule has 3 aliphatic heterocycles. The number of allylic oxidation sites excluding steroid dienone is 3. The van der Waals surface area contributed by atoms with Crippen LogP contribution in [0, 0.1) is 25.7 Å². The zero-order chi connectivity index (χ0) is 32.0. The van der Waals surface area contributed by atoms with Crippen LogP contribution in [-0.2, 0) is 22.4 Å². The van der Waals surface area contributed by atoms with E-state index in [9.17, 15) is 29.7 Å². The van der Waals surface area contributed by atoms with Gasteiger partial charge in [-0.25, -0.2) is 4.79 Å². The van der Waals surface area contributed by atoms with Gasteiger partial charge in [-0.1, -0.05) is 26.5 Å². The fraction of sp³-hybridized carbons (Fsp3) is 0.382. The van der Waals surface area contributed by atoms with Gasteiger partial charge in [0.25, 0.3) is 0 Å². The number of carboxylic acid groups (broad SMARTS) is 3. The highest BCUT2D eigenvalue weighted by molar-refractivity contribution is 6.24. The number of aromatic amines is 2. The van der Waals surface area contributed by atoms with E-state index in [0.717, 1.165) is 45.8 Å². The Morgan fingerprint density at radius 2 is 1.80 bits per heavy atom. The fourth-order valence-electron chi connectivity index (χ4n) is 6.90. The van der Waals surface area contributed by atoms with Crippen molar-refractivity contribution in [1.29, 1.82) is 0 Å². The molecule has 0 fully saturated rings. The number of rotatable bonds is 8. The molecule has 0 saturated heterocycles. The average Bonchev–Trinajstić information content (AvgIpc) is 3.63. The fourth-order valence-corrected chi connectivity index (χ4v) is 6.90. The van der Waals surface area contributed by atoms with Gasteiger partial charge in [0.05, 0.1) is 34.8 Å². The summed E-state index contributed by atoms with van der Waals surface area (Å²) in [4.78, 5) is 53.5. The van der Waals surface area contributed by atoms with E-state index < -0.39 is 30.2 Å². The number of nitrogens with one attached hydrogen (secondary N) is 2. The summed E-state index contributed by atoms with van der Waals surface area (Å²) in [6.07, 6.45) is 6.57. The predicted molar refractivity (Wildman–Crippen MR) is 169 cm³/mol. The van der Waals surface area contributed by atoms with Gasteiger partial charge in [0.1, 0.15) is 0 Å². The van der Waals surface area contributed by atoms with Gasteiger partial charge < -0.3 is 25.3 Å². The van der Waals surface area contributed by atoms with Crippen molar-refractivity contribution < 1.29 is 29.7 Å². The standard InChI is InChI=1S/C34H38N4O6/c1-7-19-15(3)23-12-25-17(5)21(9-10-29(39)40)32(37-25)22(11-30(41)42)33-31(34(43)44)18(6)26(38-33)14-28-20(8-2)16(4)24(36-28)13-27(19)35-23/h7,12,14,17,21,27,36,38H,1,8-11,13H2,2-6H3,(H,39,40)(H,41,42)(H,43,44)/t17-,21-,27?/m0/s1. The van der Waals surface area contributed by atoms with E-state index in [-0.39, 0.29) is 41.3 Å². The highest BCUT2D eigenvalue weighted by Gasteiger charge is 2.37. The van der Waals surface area contributed by atoms with E-state index in [4.69, 9.17) is 9.98 Å². The summed E-state index contributed by atoms with van der Waals surface area (Å²) in [5.41, 5.74) is 8.54. The first kappa shape index (κ1) is 30.7. The quantitative estimate of drug-likeness (QED) is 0.308. The minimum Gasteiger partial charge on any atom is -0.481 e. The molecule has 5 heterocycles. The Morgan fingerprint density at radius 3 is 2.41 bits per heavy atom. The van der Waals surface area contributed by atoms with E-state index in [1.807, 2.05) is 32.1 Å². The zero-order valence-electron chi connectivity index (χ0n) is 25.7. The number of aliphatic carboxylic acids is 2. The third-order valence-corrected chi connectivity index (χ3v) is 9.31. The molecule has 0 aromatic carbocycles. The summed E-state index contributed by atoms with van der Waals surface area (Å²) in [6.45, 7) is 13.8. The summed E-state index contributed by atoms with van der Waals surface area (Å²) >= 11 is 0. The molecule has 2 aromatic rings. The molecule has 10 nitrogen and oxygen atoms in total. The van der Waals surface area contributed by atoms with Crippen LogP contribution < -0.4 is 10.7 Å². The molecule has 0 spiro atoms. The largest absolute Gasteiger partial charge is 0.481 e. The molecule has 44 heavy (non-hydrogen) atoms. The summed E-state index contributed by atoms with van der Waals surface area (Å²) in [6, 6.07) is -0.170. The van der Waals surface area contributed by atoms with Gasteiger partial charge in [-0.3, -0.25) is 19.6 Å². The molecule has 230 valence electrons. The third-order valence-electron chi connectivity index (χ3n) is 9.31. The van der Waals surface area contributed by atoms with E-state index in [1.54, 1.807) is 6.92 Å². The van der Waals surface area contributed by atoms with Crippen molar-refractivity contribution in [3.63, 3.8) is 0 Å². The molecule has 1 unspecified atom stereocenters. The number of hydrogen-bond donors (Lipinski definition) is 5. The average molecular weight is 599 g/mol. The second-order valence-corrected chi connectivity index (χ2v) is 11.8. The van der Waals surface area contributed by atoms with Crippen LogP contribution in [0.2, 0.25) is 0 Å². The Balaban J connectivity index is 1.92. The van der Waals surface area contributed by atoms with Crippen molar-refractivity contribution >= 4 is 41.0 Å². The van der Waals surface area contributed by atoms with Gasteiger partial charge in [0.15, 0.2) is 0 Å². The Morgan fingerprint density at radius 1 is 1.07 bits per heavy atom. The van der Waals surface area contributed by atoms with Gasteiger partial charge in [0.2, 0.25) is 0 Å². The number of H-pyrrole nitrogens is 2. The Bertz CT molecular complexity index is 1860. The number of aliphatic imine (C=N–C) groups is 2. The summed E-state index contributed by atoms with van der Waals surface area (Å²) < 4.78 is 0. The minimum atomic E-state index is -1.19. The van der Waals surface area contributed by atoms with Gasteiger partial charge in [-0.05, 0) is 73.6 Å². The number of aromatic carboxylic acids is 1. The summed E-state index contributed by atoms with van der Waals surface area (Å²) in [5, 5.41) is 30.6. The number of nitrogens with zero attached hydrogens (tertiary/aromatic N) is 2. The maximum atomic E-state index is 12.7. The first-order chi connectivity index (χ1) is 20.9. The van der Waals surface area contributed by atoms with Crippen LogP contribution >= 0.6 is 0 Å². The normalized spacial score (nSPS) is 21.1. The molecular formula is C34H38N4O6. The van der Waals surface area contributed by atoms with Gasteiger partial charge in [-0.2, -0.15) is 0 Å². The topological polar surface area (TPSA) is 168 Å². The van der Waals surface area contributed by atoms with E-state index in [1.165, 1.54) is 0 Å². The third kappa shape index (κ3) is 5.29. The molecule has 0 aliphatic carbocycles. The second-order valence-electron chi connectivity index (χ2n) is 11.8. The molecular weight excluding hydrogens is 560 g/mol. The monoisotopic (exact) mass is 598 g/mol. The van der Waals surface area contributed by atoms with Crippen molar-refractivity contribution in [3.05, 3.63) is 79.9 Å². The number of hydrogen-bond acceptors (Lipinski definition) is 5. The number of carboxylic acids is 3. The van der Waals surface area contributed by atoms with Crippen LogP contribution in [0.15, 0.2) is 45.6 Å². The maximum Gasteiger partial charge on any atom is 0.338 e. The van der Waals surface area contributed by atoms with Crippen LogP contribution in [0.5, 0.6) is 0 Å². The smallest absolute Gasteiger partial charge is 0.338 e. The number of carbonyl (C=O) groups is 3. The molecule has 2 aromatic heterocycles. The first-order valence-electron chi connectivity index (χ1n) is 14.9. The molecule has 0 radical (unpaired) electrons. The molecule has 0 saturated carbocycles. The maximum absolute atomic E-state index is 12.7.